The lowest BCUT2D eigenvalue weighted by molar-refractivity contribution is -0.116. The highest BCUT2D eigenvalue weighted by atomic mass is 16.1. The molecular formula is C14H22N4O. The van der Waals surface area contributed by atoms with Crippen LogP contribution in [0.3, 0.4) is 0 Å². The fourth-order valence-corrected chi connectivity index (χ4v) is 2.21. The van der Waals surface area contributed by atoms with E-state index in [9.17, 15) is 4.79 Å². The summed E-state index contributed by atoms with van der Waals surface area (Å²) in [5, 5.41) is 2.80. The summed E-state index contributed by atoms with van der Waals surface area (Å²) in [5.41, 5.74) is 0.674. The fourth-order valence-electron chi connectivity index (χ4n) is 2.21. The summed E-state index contributed by atoms with van der Waals surface area (Å²) >= 11 is 0. The smallest absolute Gasteiger partial charge is 0.225 e. The van der Waals surface area contributed by atoms with Gasteiger partial charge in [-0.2, -0.15) is 0 Å². The van der Waals surface area contributed by atoms with Gasteiger partial charge in [0, 0.05) is 19.5 Å². The van der Waals surface area contributed by atoms with Crippen molar-refractivity contribution in [2.45, 2.75) is 39.5 Å². The standard InChI is InChI=1S/C14H22N4O/c1-3-4-13(19)17-12-9-15-14(16-10-12)18-7-5-11(2)6-8-18/h9-11H,3-8H2,1-2H3,(H,17,19). The Hall–Kier alpha value is -1.65. The van der Waals surface area contributed by atoms with E-state index in [0.29, 0.717) is 12.1 Å². The Balaban J connectivity index is 1.92. The molecule has 1 amide bonds. The van der Waals surface area contributed by atoms with E-state index in [4.69, 9.17) is 0 Å². The number of hydrogen-bond acceptors (Lipinski definition) is 4. The average Bonchev–Trinajstić information content (AvgIpc) is 2.41. The van der Waals surface area contributed by atoms with E-state index in [-0.39, 0.29) is 5.91 Å². The molecule has 0 radical (unpaired) electrons. The Morgan fingerprint density at radius 2 is 2.00 bits per heavy atom. The average molecular weight is 262 g/mol. The second-order valence-corrected chi connectivity index (χ2v) is 5.24. The first kappa shape index (κ1) is 13.8. The van der Waals surface area contributed by atoms with Crippen LogP contribution in [-0.4, -0.2) is 29.0 Å². The van der Waals surface area contributed by atoms with Crippen LogP contribution in [0.25, 0.3) is 0 Å². The zero-order chi connectivity index (χ0) is 13.7. The number of carbonyl (C=O) groups is 1. The first-order valence-corrected chi connectivity index (χ1v) is 7.06. The lowest BCUT2D eigenvalue weighted by Gasteiger charge is -2.30. The first-order chi connectivity index (χ1) is 9.19. The minimum absolute atomic E-state index is 0.0191. The molecule has 104 valence electrons. The minimum atomic E-state index is 0.0191. The van der Waals surface area contributed by atoms with Gasteiger partial charge in [-0.25, -0.2) is 9.97 Å². The topological polar surface area (TPSA) is 58.1 Å². The number of aromatic nitrogens is 2. The molecule has 0 saturated carbocycles. The number of amides is 1. The molecular weight excluding hydrogens is 240 g/mol. The van der Waals surface area contributed by atoms with E-state index in [1.807, 2.05) is 6.92 Å². The maximum atomic E-state index is 11.5. The first-order valence-electron chi connectivity index (χ1n) is 7.06. The Labute approximate surface area is 114 Å². The summed E-state index contributed by atoms with van der Waals surface area (Å²) in [6.07, 6.45) is 7.14. The van der Waals surface area contributed by atoms with Gasteiger partial charge in [0.25, 0.3) is 0 Å². The predicted octanol–water partition coefficient (Wildman–Crippen LogP) is 2.45. The van der Waals surface area contributed by atoms with Crippen LogP contribution >= 0.6 is 0 Å². The summed E-state index contributed by atoms with van der Waals surface area (Å²) in [6.45, 7) is 6.30. The van der Waals surface area contributed by atoms with Crippen molar-refractivity contribution in [1.82, 2.24) is 9.97 Å². The second kappa shape index (κ2) is 6.50. The molecule has 1 aromatic rings. The quantitative estimate of drug-likeness (QED) is 0.905. The van der Waals surface area contributed by atoms with Crippen molar-refractivity contribution in [3.8, 4) is 0 Å². The lowest BCUT2D eigenvalue weighted by atomic mass is 10.00. The van der Waals surface area contributed by atoms with Gasteiger partial charge in [-0.1, -0.05) is 13.8 Å². The Morgan fingerprint density at radius 1 is 1.37 bits per heavy atom. The van der Waals surface area contributed by atoms with Gasteiger partial charge in [-0.05, 0) is 25.2 Å². The molecule has 1 fully saturated rings. The van der Waals surface area contributed by atoms with E-state index in [1.165, 1.54) is 12.8 Å². The number of carbonyl (C=O) groups excluding carboxylic acids is 1. The molecule has 5 heteroatoms. The van der Waals surface area contributed by atoms with Crippen LogP contribution in [0.15, 0.2) is 12.4 Å². The number of piperidine rings is 1. The minimum Gasteiger partial charge on any atom is -0.341 e. The highest BCUT2D eigenvalue weighted by Crippen LogP contribution is 2.20. The molecule has 19 heavy (non-hydrogen) atoms. The molecule has 5 nitrogen and oxygen atoms in total. The number of nitrogens with zero attached hydrogens (tertiary/aromatic N) is 3. The third kappa shape index (κ3) is 3.91. The van der Waals surface area contributed by atoms with E-state index in [0.717, 1.165) is 31.4 Å². The number of nitrogens with one attached hydrogen (secondary N) is 1. The maximum absolute atomic E-state index is 11.5. The molecule has 0 unspecified atom stereocenters. The van der Waals surface area contributed by atoms with Crippen LogP contribution in [0, 0.1) is 5.92 Å². The Kier molecular flexibility index (Phi) is 4.71. The highest BCUT2D eigenvalue weighted by molar-refractivity contribution is 5.90. The van der Waals surface area contributed by atoms with Crippen molar-refractivity contribution < 1.29 is 4.79 Å². The fraction of sp³-hybridized carbons (Fsp3) is 0.643. The molecule has 0 atom stereocenters. The van der Waals surface area contributed by atoms with Gasteiger partial charge >= 0.3 is 0 Å². The number of anilines is 2. The Morgan fingerprint density at radius 3 is 2.58 bits per heavy atom. The zero-order valence-corrected chi connectivity index (χ0v) is 11.7. The van der Waals surface area contributed by atoms with Crippen LogP contribution in [0.1, 0.15) is 39.5 Å². The maximum Gasteiger partial charge on any atom is 0.225 e. The third-order valence-corrected chi connectivity index (χ3v) is 3.47. The van der Waals surface area contributed by atoms with Crippen LogP contribution in [0.4, 0.5) is 11.6 Å². The number of rotatable bonds is 4. The highest BCUT2D eigenvalue weighted by Gasteiger charge is 2.17. The van der Waals surface area contributed by atoms with Crippen molar-refractivity contribution in [3.63, 3.8) is 0 Å². The van der Waals surface area contributed by atoms with E-state index < -0.39 is 0 Å². The second-order valence-electron chi connectivity index (χ2n) is 5.24. The molecule has 1 N–H and O–H groups in total. The van der Waals surface area contributed by atoms with Crippen molar-refractivity contribution >= 4 is 17.5 Å². The molecule has 2 rings (SSSR count). The molecule has 1 saturated heterocycles. The van der Waals surface area contributed by atoms with Gasteiger partial charge in [0.1, 0.15) is 0 Å². The number of hydrogen-bond donors (Lipinski definition) is 1. The van der Waals surface area contributed by atoms with Crippen LogP contribution in [0.2, 0.25) is 0 Å². The molecule has 1 aliphatic heterocycles. The van der Waals surface area contributed by atoms with Gasteiger partial charge in [0.05, 0.1) is 18.1 Å². The molecule has 2 heterocycles. The predicted molar refractivity (Wildman–Crippen MR) is 76.2 cm³/mol. The van der Waals surface area contributed by atoms with Gasteiger partial charge in [0.15, 0.2) is 0 Å². The monoisotopic (exact) mass is 262 g/mol. The van der Waals surface area contributed by atoms with Crippen LogP contribution < -0.4 is 10.2 Å². The molecule has 1 aromatic heterocycles. The molecule has 0 aromatic carbocycles. The Bertz CT molecular complexity index is 410. The van der Waals surface area contributed by atoms with Crippen LogP contribution in [0.5, 0.6) is 0 Å². The zero-order valence-electron chi connectivity index (χ0n) is 11.7. The summed E-state index contributed by atoms with van der Waals surface area (Å²) in [5.74, 6) is 1.58. The molecule has 0 bridgehead atoms. The summed E-state index contributed by atoms with van der Waals surface area (Å²) in [4.78, 5) is 22.3. The van der Waals surface area contributed by atoms with Crippen molar-refractivity contribution in [3.05, 3.63) is 12.4 Å². The normalized spacial score (nSPS) is 16.4. The van der Waals surface area contributed by atoms with E-state index in [1.54, 1.807) is 12.4 Å². The van der Waals surface area contributed by atoms with E-state index in [2.05, 4.69) is 27.1 Å². The lowest BCUT2D eigenvalue weighted by Crippen LogP contribution is -2.34. The largest absolute Gasteiger partial charge is 0.341 e. The van der Waals surface area contributed by atoms with Crippen molar-refractivity contribution in [1.29, 1.82) is 0 Å². The van der Waals surface area contributed by atoms with E-state index >= 15 is 0 Å². The third-order valence-electron chi connectivity index (χ3n) is 3.47. The molecule has 1 aliphatic rings. The SMILES string of the molecule is CCCC(=O)Nc1cnc(N2CCC(C)CC2)nc1. The molecule has 0 spiro atoms. The van der Waals surface area contributed by atoms with Crippen molar-refractivity contribution in [2.75, 3.05) is 23.3 Å². The summed E-state index contributed by atoms with van der Waals surface area (Å²) < 4.78 is 0. The summed E-state index contributed by atoms with van der Waals surface area (Å²) in [7, 11) is 0. The summed E-state index contributed by atoms with van der Waals surface area (Å²) in [6, 6.07) is 0. The van der Waals surface area contributed by atoms with Crippen molar-refractivity contribution in [2.24, 2.45) is 5.92 Å². The van der Waals surface area contributed by atoms with Gasteiger partial charge in [0.2, 0.25) is 11.9 Å². The van der Waals surface area contributed by atoms with Gasteiger partial charge < -0.3 is 10.2 Å². The van der Waals surface area contributed by atoms with Gasteiger partial charge in [-0.15, -0.1) is 0 Å². The molecule has 0 aliphatic carbocycles. The van der Waals surface area contributed by atoms with Gasteiger partial charge in [-0.3, -0.25) is 4.79 Å². The van der Waals surface area contributed by atoms with Crippen LogP contribution in [-0.2, 0) is 4.79 Å².